The third-order valence-corrected chi connectivity index (χ3v) is 4.68. The number of thiazole rings is 1. The lowest BCUT2D eigenvalue weighted by molar-refractivity contribution is 0.190. The van der Waals surface area contributed by atoms with Gasteiger partial charge in [0, 0.05) is 17.6 Å². The second-order valence-corrected chi connectivity index (χ2v) is 6.15. The van der Waals surface area contributed by atoms with Crippen LogP contribution in [0.1, 0.15) is 50.6 Å². The highest BCUT2D eigenvalue weighted by Crippen LogP contribution is 2.19. The Morgan fingerprint density at radius 1 is 1.50 bits per heavy atom. The zero-order valence-electron chi connectivity index (χ0n) is 11.6. The lowest BCUT2D eigenvalue weighted by atomic mass is 10.0. The van der Waals surface area contributed by atoms with Crippen LogP contribution in [0, 0.1) is 0 Å². The van der Waals surface area contributed by atoms with Crippen LogP contribution in [0.3, 0.4) is 0 Å². The van der Waals surface area contributed by atoms with Gasteiger partial charge in [-0.25, -0.2) is 4.98 Å². The van der Waals surface area contributed by atoms with Crippen molar-refractivity contribution in [3.05, 3.63) is 16.6 Å². The van der Waals surface area contributed by atoms with Crippen LogP contribution in [0.4, 0.5) is 0 Å². The molecule has 4 heteroatoms. The van der Waals surface area contributed by atoms with Crippen LogP contribution in [0.15, 0.2) is 11.6 Å². The quantitative estimate of drug-likeness (QED) is 0.858. The fourth-order valence-corrected chi connectivity index (χ4v) is 3.23. The van der Waals surface area contributed by atoms with Crippen LogP contribution >= 0.6 is 11.3 Å². The Balaban J connectivity index is 1.70. The van der Waals surface area contributed by atoms with Gasteiger partial charge in [-0.2, -0.15) is 0 Å². The molecule has 1 aliphatic heterocycles. The van der Waals surface area contributed by atoms with Gasteiger partial charge in [0.05, 0.1) is 6.04 Å². The number of hydrogen-bond donors (Lipinski definition) is 1. The van der Waals surface area contributed by atoms with Crippen LogP contribution in [-0.2, 0) is 0 Å². The number of hydrogen-bond acceptors (Lipinski definition) is 4. The van der Waals surface area contributed by atoms with Crippen molar-refractivity contribution in [1.82, 2.24) is 15.2 Å². The Hall–Kier alpha value is -0.450. The predicted molar refractivity (Wildman–Crippen MR) is 78.0 cm³/mol. The molecule has 1 fully saturated rings. The van der Waals surface area contributed by atoms with Crippen molar-refractivity contribution in [2.45, 2.75) is 51.6 Å². The van der Waals surface area contributed by atoms with Gasteiger partial charge in [-0.3, -0.25) is 0 Å². The van der Waals surface area contributed by atoms with E-state index in [4.69, 9.17) is 0 Å². The maximum absolute atomic E-state index is 4.38. The molecule has 1 N–H and O–H groups in total. The van der Waals surface area contributed by atoms with Gasteiger partial charge in [0.2, 0.25) is 0 Å². The molecule has 1 atom stereocenters. The van der Waals surface area contributed by atoms with Gasteiger partial charge in [-0.1, -0.05) is 13.3 Å². The molecule has 1 aromatic heterocycles. The number of nitrogens with one attached hydrogen (secondary N) is 1. The smallest absolute Gasteiger partial charge is 0.109 e. The third kappa shape index (κ3) is 4.04. The second-order valence-electron chi connectivity index (χ2n) is 5.23. The summed E-state index contributed by atoms with van der Waals surface area (Å²) in [5.41, 5.74) is 0. The van der Waals surface area contributed by atoms with Crippen molar-refractivity contribution in [1.29, 1.82) is 0 Å². The summed E-state index contributed by atoms with van der Waals surface area (Å²) in [7, 11) is 0. The third-order valence-electron chi connectivity index (χ3n) is 3.72. The molecule has 18 heavy (non-hydrogen) atoms. The number of nitrogens with zero attached hydrogens (tertiary/aromatic N) is 2. The Morgan fingerprint density at radius 2 is 2.28 bits per heavy atom. The lowest BCUT2D eigenvalue weighted by Crippen LogP contribution is -2.43. The van der Waals surface area contributed by atoms with Gasteiger partial charge in [0.25, 0.3) is 0 Å². The summed E-state index contributed by atoms with van der Waals surface area (Å²) in [6.45, 7) is 8.28. The van der Waals surface area contributed by atoms with Crippen molar-refractivity contribution in [3.8, 4) is 0 Å². The van der Waals surface area contributed by atoms with Crippen LogP contribution in [0.5, 0.6) is 0 Å². The van der Waals surface area contributed by atoms with Gasteiger partial charge in [0.1, 0.15) is 5.01 Å². The Morgan fingerprint density at radius 3 is 2.89 bits per heavy atom. The van der Waals surface area contributed by atoms with Gasteiger partial charge >= 0.3 is 0 Å². The first-order valence-electron chi connectivity index (χ1n) is 7.17. The molecule has 1 aliphatic rings. The molecule has 0 aliphatic carbocycles. The monoisotopic (exact) mass is 267 g/mol. The van der Waals surface area contributed by atoms with E-state index in [1.165, 1.54) is 50.3 Å². The van der Waals surface area contributed by atoms with Crippen LogP contribution in [0.2, 0.25) is 0 Å². The van der Waals surface area contributed by atoms with Crippen molar-refractivity contribution in [3.63, 3.8) is 0 Å². The van der Waals surface area contributed by atoms with Gasteiger partial charge in [-0.05, 0) is 45.8 Å². The zero-order valence-corrected chi connectivity index (χ0v) is 12.4. The van der Waals surface area contributed by atoms with Crippen molar-refractivity contribution < 1.29 is 0 Å². The Kier molecular flexibility index (Phi) is 5.60. The summed E-state index contributed by atoms with van der Waals surface area (Å²) in [5, 5.41) is 6.99. The number of rotatable bonds is 6. The standard InChI is InChI=1S/C14H25N3S/c1-3-4-8-17-9-5-13(6-10-17)16-12(2)14-15-7-11-18-14/h7,11-13,16H,3-6,8-10H2,1-2H3. The molecule has 0 radical (unpaired) electrons. The highest BCUT2D eigenvalue weighted by molar-refractivity contribution is 7.09. The molecule has 3 nitrogen and oxygen atoms in total. The van der Waals surface area contributed by atoms with Crippen LogP contribution < -0.4 is 5.32 Å². The molecule has 2 rings (SSSR count). The van der Waals surface area contributed by atoms with Crippen molar-refractivity contribution in [2.24, 2.45) is 0 Å². The molecule has 1 unspecified atom stereocenters. The minimum atomic E-state index is 0.400. The largest absolute Gasteiger partial charge is 0.305 e. The number of unbranched alkanes of at least 4 members (excludes halogenated alkanes) is 1. The average Bonchev–Trinajstić information content (AvgIpc) is 2.92. The zero-order chi connectivity index (χ0) is 12.8. The SMILES string of the molecule is CCCCN1CCC(NC(C)c2nccs2)CC1. The van der Waals surface area contributed by atoms with E-state index in [0.717, 1.165) is 0 Å². The van der Waals surface area contributed by atoms with E-state index in [0.29, 0.717) is 12.1 Å². The van der Waals surface area contributed by atoms with E-state index in [1.54, 1.807) is 11.3 Å². The molecule has 0 spiro atoms. The van der Waals surface area contributed by atoms with E-state index >= 15 is 0 Å². The molecule has 0 aromatic carbocycles. The molecule has 0 saturated carbocycles. The fraction of sp³-hybridized carbons (Fsp3) is 0.786. The summed E-state index contributed by atoms with van der Waals surface area (Å²) in [5.74, 6) is 0. The topological polar surface area (TPSA) is 28.2 Å². The average molecular weight is 267 g/mol. The van der Waals surface area contributed by atoms with Crippen molar-refractivity contribution >= 4 is 11.3 Å². The van der Waals surface area contributed by atoms with Crippen LogP contribution in [0.25, 0.3) is 0 Å². The van der Waals surface area contributed by atoms with E-state index < -0.39 is 0 Å². The molecule has 1 aromatic rings. The Bertz CT molecular complexity index is 318. The van der Waals surface area contributed by atoms with Crippen molar-refractivity contribution in [2.75, 3.05) is 19.6 Å². The molecule has 0 bridgehead atoms. The normalized spacial score (nSPS) is 20.1. The highest BCUT2D eigenvalue weighted by atomic mass is 32.1. The minimum Gasteiger partial charge on any atom is -0.305 e. The van der Waals surface area contributed by atoms with Gasteiger partial charge in [-0.15, -0.1) is 11.3 Å². The molecular formula is C14H25N3S. The van der Waals surface area contributed by atoms with Gasteiger partial charge in [0.15, 0.2) is 0 Å². The first kappa shape index (κ1) is 14.0. The molecule has 0 amide bonds. The number of piperidine rings is 1. The fourth-order valence-electron chi connectivity index (χ4n) is 2.58. The number of likely N-dealkylation sites (tertiary alicyclic amines) is 1. The van der Waals surface area contributed by atoms with E-state index in [-0.39, 0.29) is 0 Å². The maximum atomic E-state index is 4.38. The number of aromatic nitrogens is 1. The van der Waals surface area contributed by atoms with E-state index in [2.05, 4.69) is 34.4 Å². The summed E-state index contributed by atoms with van der Waals surface area (Å²) in [6.07, 6.45) is 7.09. The predicted octanol–water partition coefficient (Wildman–Crippen LogP) is 3.06. The molecule has 102 valence electrons. The minimum absolute atomic E-state index is 0.400. The maximum Gasteiger partial charge on any atom is 0.109 e. The first-order chi connectivity index (χ1) is 8.79. The summed E-state index contributed by atoms with van der Waals surface area (Å²) < 4.78 is 0. The lowest BCUT2D eigenvalue weighted by Gasteiger charge is -2.33. The van der Waals surface area contributed by atoms with Gasteiger partial charge < -0.3 is 10.2 Å². The summed E-state index contributed by atoms with van der Waals surface area (Å²) in [6, 6.07) is 1.07. The first-order valence-corrected chi connectivity index (χ1v) is 8.05. The van der Waals surface area contributed by atoms with E-state index in [1.807, 2.05) is 6.20 Å². The second kappa shape index (κ2) is 7.22. The molecule has 1 saturated heterocycles. The highest BCUT2D eigenvalue weighted by Gasteiger charge is 2.20. The Labute approximate surface area is 115 Å². The summed E-state index contributed by atoms with van der Waals surface area (Å²) in [4.78, 5) is 6.99. The summed E-state index contributed by atoms with van der Waals surface area (Å²) >= 11 is 1.75. The van der Waals surface area contributed by atoms with Crippen LogP contribution in [-0.4, -0.2) is 35.6 Å². The molecule has 2 heterocycles. The molecular weight excluding hydrogens is 242 g/mol. The van der Waals surface area contributed by atoms with E-state index in [9.17, 15) is 0 Å².